The summed E-state index contributed by atoms with van der Waals surface area (Å²) in [6.07, 6.45) is 1.07. The van der Waals surface area contributed by atoms with Gasteiger partial charge in [0.2, 0.25) is 0 Å². The van der Waals surface area contributed by atoms with Gasteiger partial charge < -0.3 is 10.6 Å². The molecule has 0 atom stereocenters. The van der Waals surface area contributed by atoms with Crippen LogP contribution in [0.15, 0.2) is 54.2 Å². The number of anilines is 2. The van der Waals surface area contributed by atoms with Crippen LogP contribution in [0.2, 0.25) is 5.02 Å². The van der Waals surface area contributed by atoms with Gasteiger partial charge in [-0.1, -0.05) is 11.6 Å². The number of carbonyl (C=O) groups is 1. The third-order valence-corrected chi connectivity index (χ3v) is 3.33. The number of amides is 1. The Morgan fingerprint density at radius 1 is 1.28 bits per heavy atom. The second-order valence-corrected chi connectivity index (χ2v) is 5.10. The molecule has 0 spiro atoms. The van der Waals surface area contributed by atoms with Crippen molar-refractivity contribution in [2.24, 2.45) is 0 Å². The fourth-order valence-corrected chi connectivity index (χ4v) is 1.94. The lowest BCUT2D eigenvalue weighted by Gasteiger charge is -2.06. The summed E-state index contributed by atoms with van der Waals surface area (Å²) >= 11 is 5.92. The molecule has 2 N–H and O–H groups in total. The number of benzene rings is 2. The number of nitro groups is 1. The maximum absolute atomic E-state index is 12.8. The molecule has 0 aliphatic heterocycles. The minimum Gasteiger partial charge on any atom is -0.359 e. The van der Waals surface area contributed by atoms with Crippen molar-refractivity contribution in [3.63, 3.8) is 0 Å². The van der Waals surface area contributed by atoms with Crippen molar-refractivity contribution in [2.45, 2.75) is 0 Å². The highest BCUT2D eigenvalue weighted by molar-refractivity contribution is 6.33. The summed E-state index contributed by atoms with van der Waals surface area (Å²) in [6.45, 7) is 0. The molecule has 1 amide bonds. The zero-order valence-electron chi connectivity index (χ0n) is 12.5. The molecule has 7 nitrogen and oxygen atoms in total. The van der Waals surface area contributed by atoms with Crippen molar-refractivity contribution < 1.29 is 14.1 Å². The van der Waals surface area contributed by atoms with Gasteiger partial charge in [-0.05, 0) is 30.3 Å². The number of hydrogen-bond donors (Lipinski definition) is 2. The Morgan fingerprint density at radius 2 is 1.96 bits per heavy atom. The summed E-state index contributed by atoms with van der Waals surface area (Å²) < 4.78 is 12.8. The average Bonchev–Trinajstić information content (AvgIpc) is 2.58. The highest BCUT2D eigenvalue weighted by Gasteiger charge is 2.12. The van der Waals surface area contributed by atoms with Crippen LogP contribution in [0.25, 0.3) is 0 Å². The van der Waals surface area contributed by atoms with Gasteiger partial charge in [0.25, 0.3) is 11.6 Å². The van der Waals surface area contributed by atoms with Gasteiger partial charge in [-0.15, -0.1) is 0 Å². The average molecular weight is 361 g/mol. The maximum Gasteiger partial charge on any atom is 0.271 e. The van der Waals surface area contributed by atoms with Gasteiger partial charge in [-0.25, -0.2) is 4.39 Å². The fourth-order valence-electron chi connectivity index (χ4n) is 1.77. The van der Waals surface area contributed by atoms with Crippen LogP contribution < -0.4 is 10.6 Å². The molecular formula is C16H10ClFN4O3. The third-order valence-electron chi connectivity index (χ3n) is 3.00. The van der Waals surface area contributed by atoms with Crippen molar-refractivity contribution in [1.82, 2.24) is 0 Å². The van der Waals surface area contributed by atoms with Crippen LogP contribution in [0.3, 0.4) is 0 Å². The number of nitro benzene ring substituents is 1. The molecule has 0 aliphatic rings. The molecule has 126 valence electrons. The molecule has 0 bridgehead atoms. The lowest BCUT2D eigenvalue weighted by atomic mass is 10.2. The number of non-ortho nitro benzene ring substituents is 1. The van der Waals surface area contributed by atoms with E-state index in [0.717, 1.165) is 18.3 Å². The maximum atomic E-state index is 12.8. The summed E-state index contributed by atoms with van der Waals surface area (Å²) in [4.78, 5) is 22.2. The monoisotopic (exact) mass is 360 g/mol. The van der Waals surface area contributed by atoms with E-state index < -0.39 is 16.6 Å². The molecule has 9 heteroatoms. The normalized spacial score (nSPS) is 10.7. The van der Waals surface area contributed by atoms with E-state index in [9.17, 15) is 19.3 Å². The van der Waals surface area contributed by atoms with Crippen molar-refractivity contribution in [1.29, 1.82) is 5.26 Å². The van der Waals surface area contributed by atoms with Crippen LogP contribution in [0.4, 0.5) is 21.5 Å². The Balaban J connectivity index is 2.16. The SMILES string of the molecule is N#C/C(=C/Nc1cc([N+](=O)[O-])ccc1Cl)C(=O)Nc1ccc(F)cc1. The number of nitrogens with one attached hydrogen (secondary N) is 2. The van der Waals surface area contributed by atoms with Crippen LogP contribution in [0.5, 0.6) is 0 Å². The number of nitriles is 1. The number of halogens is 2. The van der Waals surface area contributed by atoms with E-state index in [1.807, 2.05) is 0 Å². The fraction of sp³-hybridized carbons (Fsp3) is 0. The molecular weight excluding hydrogens is 351 g/mol. The summed E-state index contributed by atoms with van der Waals surface area (Å²) in [5.41, 5.74) is -0.0272. The molecule has 0 aliphatic carbocycles. The minimum atomic E-state index is -0.733. The molecule has 2 aromatic rings. The van der Waals surface area contributed by atoms with E-state index in [0.29, 0.717) is 5.69 Å². The summed E-state index contributed by atoms with van der Waals surface area (Å²) in [7, 11) is 0. The number of hydrogen-bond acceptors (Lipinski definition) is 5. The van der Waals surface area contributed by atoms with E-state index in [4.69, 9.17) is 16.9 Å². The second kappa shape index (κ2) is 7.90. The molecule has 2 aromatic carbocycles. The number of rotatable bonds is 5. The van der Waals surface area contributed by atoms with Gasteiger partial charge in [0, 0.05) is 24.0 Å². The second-order valence-electron chi connectivity index (χ2n) is 4.70. The van der Waals surface area contributed by atoms with E-state index in [2.05, 4.69) is 10.6 Å². The van der Waals surface area contributed by atoms with Gasteiger partial charge in [0.05, 0.1) is 15.6 Å². The molecule has 0 aromatic heterocycles. The molecule has 0 saturated carbocycles. The van der Waals surface area contributed by atoms with E-state index in [1.165, 1.54) is 30.3 Å². The first kappa shape index (κ1) is 17.9. The zero-order valence-corrected chi connectivity index (χ0v) is 13.2. The van der Waals surface area contributed by atoms with Crippen molar-refractivity contribution >= 4 is 34.6 Å². The zero-order chi connectivity index (χ0) is 18.4. The number of carbonyl (C=O) groups excluding carboxylic acids is 1. The standard InChI is InChI=1S/C16H10ClFN4O3/c17-14-6-5-13(22(24)25)7-15(14)20-9-10(8-19)16(23)21-12-3-1-11(18)2-4-12/h1-7,9,20H,(H,21,23)/b10-9-. The molecule has 25 heavy (non-hydrogen) atoms. The van der Waals surface area contributed by atoms with E-state index >= 15 is 0 Å². The molecule has 0 fully saturated rings. The van der Waals surface area contributed by atoms with Gasteiger partial charge in [0.15, 0.2) is 0 Å². The smallest absolute Gasteiger partial charge is 0.271 e. The first-order valence-electron chi connectivity index (χ1n) is 6.78. The predicted octanol–water partition coefficient (Wildman–Crippen LogP) is 3.85. The molecule has 0 heterocycles. The first-order valence-corrected chi connectivity index (χ1v) is 7.16. The summed E-state index contributed by atoms with van der Waals surface area (Å²) in [5.74, 6) is -1.20. The largest absolute Gasteiger partial charge is 0.359 e. The lowest BCUT2D eigenvalue weighted by molar-refractivity contribution is -0.384. The predicted molar refractivity (Wildman–Crippen MR) is 90.5 cm³/mol. The Bertz CT molecular complexity index is 891. The Labute approximate surface area is 146 Å². The Hall–Kier alpha value is -3.44. The third kappa shape index (κ3) is 4.76. The van der Waals surface area contributed by atoms with Crippen molar-refractivity contribution in [2.75, 3.05) is 10.6 Å². The van der Waals surface area contributed by atoms with Gasteiger partial charge in [0.1, 0.15) is 17.5 Å². The molecule has 0 unspecified atom stereocenters. The molecule has 2 rings (SSSR count). The van der Waals surface area contributed by atoms with Crippen LogP contribution in [0, 0.1) is 27.3 Å². The summed E-state index contributed by atoms with van der Waals surface area (Å²) in [6, 6.07) is 10.4. The molecule has 0 saturated heterocycles. The highest BCUT2D eigenvalue weighted by atomic mass is 35.5. The Kier molecular flexibility index (Phi) is 5.66. The quantitative estimate of drug-likeness (QED) is 0.364. The van der Waals surface area contributed by atoms with Crippen molar-refractivity contribution in [3.8, 4) is 6.07 Å². The van der Waals surface area contributed by atoms with Crippen LogP contribution in [0.1, 0.15) is 0 Å². The van der Waals surface area contributed by atoms with Crippen LogP contribution >= 0.6 is 11.6 Å². The van der Waals surface area contributed by atoms with Gasteiger partial charge in [-0.2, -0.15) is 5.26 Å². The minimum absolute atomic E-state index is 0.165. The molecule has 0 radical (unpaired) electrons. The van der Waals surface area contributed by atoms with Crippen LogP contribution in [-0.4, -0.2) is 10.8 Å². The topological polar surface area (TPSA) is 108 Å². The van der Waals surface area contributed by atoms with Gasteiger partial charge >= 0.3 is 0 Å². The van der Waals surface area contributed by atoms with Crippen LogP contribution in [-0.2, 0) is 4.79 Å². The summed E-state index contributed by atoms with van der Waals surface area (Å²) in [5, 5.41) is 25.1. The lowest BCUT2D eigenvalue weighted by Crippen LogP contribution is -2.14. The number of nitrogens with zero attached hydrogens (tertiary/aromatic N) is 2. The van der Waals surface area contributed by atoms with Crippen molar-refractivity contribution in [3.05, 3.63) is 75.2 Å². The van der Waals surface area contributed by atoms with E-state index in [-0.39, 0.29) is 22.0 Å². The van der Waals surface area contributed by atoms with E-state index in [1.54, 1.807) is 6.07 Å². The highest BCUT2D eigenvalue weighted by Crippen LogP contribution is 2.26. The van der Waals surface area contributed by atoms with Gasteiger partial charge in [-0.3, -0.25) is 14.9 Å². The Morgan fingerprint density at radius 3 is 2.56 bits per heavy atom. The first-order chi connectivity index (χ1) is 11.9.